The van der Waals surface area contributed by atoms with Gasteiger partial charge < -0.3 is 10.4 Å². The van der Waals surface area contributed by atoms with Gasteiger partial charge in [0.05, 0.1) is 9.95 Å². The molecular formula is C11H15ClN2O3. The number of nitrogens with one attached hydrogen (secondary N) is 1. The van der Waals surface area contributed by atoms with Gasteiger partial charge in [-0.3, -0.25) is 10.1 Å². The largest absolute Gasteiger partial charge is 0.396 e. The number of non-ortho nitro benzene ring substituents is 1. The molecule has 5 nitrogen and oxygen atoms in total. The lowest BCUT2D eigenvalue weighted by molar-refractivity contribution is -0.384. The smallest absolute Gasteiger partial charge is 0.270 e. The van der Waals surface area contributed by atoms with Crippen molar-refractivity contribution in [3.63, 3.8) is 0 Å². The zero-order valence-corrected chi connectivity index (χ0v) is 10.3. The molecule has 1 aromatic rings. The molecule has 0 spiro atoms. The summed E-state index contributed by atoms with van der Waals surface area (Å²) in [5.74, 6) is 0. The zero-order valence-electron chi connectivity index (χ0n) is 9.52. The number of benzene rings is 1. The minimum Gasteiger partial charge on any atom is -0.396 e. The molecule has 6 heteroatoms. The summed E-state index contributed by atoms with van der Waals surface area (Å²) in [7, 11) is 0. The summed E-state index contributed by atoms with van der Waals surface area (Å²) in [5, 5.41) is 22.8. The second-order valence-electron chi connectivity index (χ2n) is 3.83. The van der Waals surface area contributed by atoms with Crippen molar-refractivity contribution in [2.75, 3.05) is 6.61 Å². The topological polar surface area (TPSA) is 75.4 Å². The Labute approximate surface area is 105 Å². The van der Waals surface area contributed by atoms with Crippen LogP contribution in [0.3, 0.4) is 0 Å². The Bertz CT molecular complexity index is 398. The molecule has 0 aliphatic carbocycles. The van der Waals surface area contributed by atoms with Gasteiger partial charge >= 0.3 is 0 Å². The maximum atomic E-state index is 10.5. The van der Waals surface area contributed by atoms with Crippen LogP contribution in [0.4, 0.5) is 5.69 Å². The Morgan fingerprint density at radius 2 is 2.29 bits per heavy atom. The van der Waals surface area contributed by atoms with Gasteiger partial charge in [-0.1, -0.05) is 11.6 Å². The fourth-order valence-corrected chi connectivity index (χ4v) is 1.61. The van der Waals surface area contributed by atoms with Gasteiger partial charge in [-0.25, -0.2) is 0 Å². The molecule has 1 aromatic carbocycles. The highest BCUT2D eigenvalue weighted by Crippen LogP contribution is 2.22. The number of hydrogen-bond donors (Lipinski definition) is 2. The molecule has 1 atom stereocenters. The molecule has 0 saturated heterocycles. The van der Waals surface area contributed by atoms with Gasteiger partial charge in [0.1, 0.15) is 0 Å². The normalized spacial score (nSPS) is 12.4. The fraction of sp³-hybridized carbons (Fsp3) is 0.455. The van der Waals surface area contributed by atoms with E-state index in [9.17, 15) is 10.1 Å². The third-order valence-corrected chi connectivity index (χ3v) is 2.80. The Morgan fingerprint density at radius 1 is 1.59 bits per heavy atom. The average Bonchev–Trinajstić information content (AvgIpc) is 2.27. The summed E-state index contributed by atoms with van der Waals surface area (Å²) < 4.78 is 0. The fourth-order valence-electron chi connectivity index (χ4n) is 1.37. The van der Waals surface area contributed by atoms with E-state index in [0.29, 0.717) is 18.0 Å². The Hall–Kier alpha value is -1.17. The van der Waals surface area contributed by atoms with Crippen LogP contribution in [-0.4, -0.2) is 22.7 Å². The lowest BCUT2D eigenvalue weighted by Gasteiger charge is -2.12. The van der Waals surface area contributed by atoms with Gasteiger partial charge in [-0.05, 0) is 25.0 Å². The first kappa shape index (κ1) is 13.9. The van der Waals surface area contributed by atoms with Crippen molar-refractivity contribution in [3.05, 3.63) is 38.9 Å². The summed E-state index contributed by atoms with van der Waals surface area (Å²) in [6, 6.07) is 4.58. The highest BCUT2D eigenvalue weighted by molar-refractivity contribution is 6.31. The molecular weight excluding hydrogens is 244 g/mol. The number of halogens is 1. The average molecular weight is 259 g/mol. The van der Waals surface area contributed by atoms with Crippen molar-refractivity contribution >= 4 is 17.3 Å². The van der Waals surface area contributed by atoms with Crippen LogP contribution in [0.2, 0.25) is 5.02 Å². The standard InChI is InChI=1S/C11H15ClN2O3/c1-8(4-5-15)13-7-9-2-3-10(14(16)17)6-11(9)12/h2-3,6,8,13,15H,4-5,7H2,1H3. The molecule has 0 bridgehead atoms. The Kier molecular flexibility index (Phi) is 5.34. The van der Waals surface area contributed by atoms with Gasteiger partial charge in [0, 0.05) is 31.3 Å². The number of nitro benzene ring substituents is 1. The molecule has 94 valence electrons. The van der Waals surface area contributed by atoms with Crippen LogP contribution in [0.15, 0.2) is 18.2 Å². The van der Waals surface area contributed by atoms with Crippen LogP contribution in [0.1, 0.15) is 18.9 Å². The van der Waals surface area contributed by atoms with Crippen LogP contribution in [0.25, 0.3) is 0 Å². The van der Waals surface area contributed by atoms with Crippen molar-refractivity contribution in [2.24, 2.45) is 0 Å². The number of rotatable bonds is 6. The molecule has 0 aliphatic heterocycles. The maximum absolute atomic E-state index is 10.5. The number of aliphatic hydroxyl groups excluding tert-OH is 1. The van der Waals surface area contributed by atoms with Crippen molar-refractivity contribution in [3.8, 4) is 0 Å². The predicted molar refractivity (Wildman–Crippen MR) is 66.1 cm³/mol. The van der Waals surface area contributed by atoms with E-state index in [1.165, 1.54) is 12.1 Å². The van der Waals surface area contributed by atoms with Crippen LogP contribution in [0, 0.1) is 10.1 Å². The second-order valence-corrected chi connectivity index (χ2v) is 4.23. The summed E-state index contributed by atoms with van der Waals surface area (Å²) in [6.45, 7) is 2.61. The Morgan fingerprint density at radius 3 is 2.82 bits per heavy atom. The molecule has 1 rings (SSSR count). The van der Waals surface area contributed by atoms with Crippen molar-refractivity contribution in [2.45, 2.75) is 25.9 Å². The molecule has 0 heterocycles. The molecule has 2 N–H and O–H groups in total. The minimum atomic E-state index is -0.475. The van der Waals surface area contributed by atoms with Gasteiger partial charge in [0.2, 0.25) is 0 Å². The number of nitrogens with zero attached hydrogens (tertiary/aromatic N) is 1. The third kappa shape index (κ3) is 4.30. The maximum Gasteiger partial charge on any atom is 0.270 e. The lowest BCUT2D eigenvalue weighted by Crippen LogP contribution is -2.26. The van der Waals surface area contributed by atoms with E-state index >= 15 is 0 Å². The summed E-state index contributed by atoms with van der Waals surface area (Å²) in [4.78, 5) is 10.0. The Balaban J connectivity index is 2.63. The molecule has 0 saturated carbocycles. The summed E-state index contributed by atoms with van der Waals surface area (Å²) >= 11 is 5.94. The first-order chi connectivity index (χ1) is 8.04. The lowest BCUT2D eigenvalue weighted by atomic mass is 10.2. The first-order valence-corrected chi connectivity index (χ1v) is 5.69. The zero-order chi connectivity index (χ0) is 12.8. The molecule has 0 radical (unpaired) electrons. The molecule has 0 amide bonds. The molecule has 0 aliphatic rings. The molecule has 1 unspecified atom stereocenters. The molecule has 17 heavy (non-hydrogen) atoms. The van der Waals surface area contributed by atoms with Gasteiger partial charge in [0.25, 0.3) is 5.69 Å². The predicted octanol–water partition coefficient (Wildman–Crippen LogP) is 2.11. The van der Waals surface area contributed by atoms with Crippen molar-refractivity contribution in [1.29, 1.82) is 0 Å². The highest BCUT2D eigenvalue weighted by atomic mass is 35.5. The van der Waals surface area contributed by atoms with E-state index in [1.807, 2.05) is 6.92 Å². The number of hydrogen-bond acceptors (Lipinski definition) is 4. The van der Waals surface area contributed by atoms with Gasteiger partial charge in [0.15, 0.2) is 0 Å². The third-order valence-electron chi connectivity index (χ3n) is 2.45. The van der Waals surface area contributed by atoms with E-state index in [4.69, 9.17) is 16.7 Å². The number of aliphatic hydroxyl groups is 1. The number of nitro groups is 1. The summed E-state index contributed by atoms with van der Waals surface area (Å²) in [6.07, 6.45) is 0.657. The molecule has 0 aromatic heterocycles. The van der Waals surface area contributed by atoms with Crippen LogP contribution in [0.5, 0.6) is 0 Å². The minimum absolute atomic E-state index is 0.0119. The van der Waals surface area contributed by atoms with Gasteiger partial charge in [-0.2, -0.15) is 0 Å². The van der Waals surface area contributed by atoms with Crippen LogP contribution in [-0.2, 0) is 6.54 Å². The van der Waals surface area contributed by atoms with Crippen molar-refractivity contribution < 1.29 is 10.0 Å². The van der Waals surface area contributed by atoms with E-state index < -0.39 is 4.92 Å². The monoisotopic (exact) mass is 258 g/mol. The summed E-state index contributed by atoms with van der Waals surface area (Å²) in [5.41, 5.74) is 0.796. The quantitative estimate of drug-likeness (QED) is 0.605. The van der Waals surface area contributed by atoms with Gasteiger partial charge in [-0.15, -0.1) is 0 Å². The SMILES string of the molecule is CC(CCO)NCc1ccc([N+](=O)[O-])cc1Cl. The first-order valence-electron chi connectivity index (χ1n) is 5.31. The molecule has 0 fully saturated rings. The van der Waals surface area contributed by atoms with E-state index in [2.05, 4.69) is 5.32 Å². The van der Waals surface area contributed by atoms with E-state index in [0.717, 1.165) is 5.56 Å². The van der Waals surface area contributed by atoms with Crippen LogP contribution >= 0.6 is 11.6 Å². The van der Waals surface area contributed by atoms with E-state index in [1.54, 1.807) is 6.07 Å². The van der Waals surface area contributed by atoms with Crippen LogP contribution < -0.4 is 5.32 Å². The highest BCUT2D eigenvalue weighted by Gasteiger charge is 2.09. The second kappa shape index (κ2) is 6.54. The van der Waals surface area contributed by atoms with E-state index in [-0.39, 0.29) is 18.3 Å². The van der Waals surface area contributed by atoms with Crippen molar-refractivity contribution in [1.82, 2.24) is 5.32 Å².